The smallest absolute Gasteiger partial charge is 0.0732 e. The molecule has 0 saturated heterocycles. The number of hydrogen-bond donors (Lipinski definition) is 1. The average Bonchev–Trinajstić information content (AvgIpc) is 1.97. The minimum absolute atomic E-state index is 0.333. The van der Waals surface area contributed by atoms with Gasteiger partial charge in [-0.05, 0) is 26.9 Å². The molecular formula is C10H23NOS. The Labute approximate surface area is 86.7 Å². The van der Waals surface area contributed by atoms with Gasteiger partial charge in [-0.15, -0.1) is 0 Å². The van der Waals surface area contributed by atoms with Crippen molar-refractivity contribution in [2.24, 2.45) is 5.92 Å². The summed E-state index contributed by atoms with van der Waals surface area (Å²) in [7, 11) is 4.14. The molecular weight excluding hydrogens is 182 g/mol. The zero-order chi connectivity index (χ0) is 10.5. The number of nitrogens with zero attached hydrogens (tertiary/aromatic N) is 1. The van der Waals surface area contributed by atoms with Crippen LogP contribution in [0.2, 0.25) is 0 Å². The van der Waals surface area contributed by atoms with Crippen LogP contribution in [0.3, 0.4) is 0 Å². The second-order valence-electron chi connectivity index (χ2n) is 4.37. The van der Waals surface area contributed by atoms with Gasteiger partial charge in [0.15, 0.2) is 0 Å². The Morgan fingerprint density at radius 1 is 1.38 bits per heavy atom. The molecule has 0 aliphatic rings. The summed E-state index contributed by atoms with van der Waals surface area (Å²) >= 11 is 1.83. The molecule has 0 saturated carbocycles. The van der Waals surface area contributed by atoms with Gasteiger partial charge in [-0.3, -0.25) is 0 Å². The first-order valence-corrected chi connectivity index (χ1v) is 5.96. The summed E-state index contributed by atoms with van der Waals surface area (Å²) in [6, 6.07) is 0. The van der Waals surface area contributed by atoms with E-state index in [0.717, 1.165) is 18.1 Å². The lowest BCUT2D eigenvalue weighted by molar-refractivity contribution is 0.0376. The molecule has 0 aliphatic carbocycles. The van der Waals surface area contributed by atoms with Gasteiger partial charge in [-0.25, -0.2) is 0 Å². The van der Waals surface area contributed by atoms with Crippen LogP contribution in [-0.2, 0) is 0 Å². The Morgan fingerprint density at radius 3 is 2.31 bits per heavy atom. The molecule has 0 aromatic carbocycles. The van der Waals surface area contributed by atoms with Crippen molar-refractivity contribution < 1.29 is 5.11 Å². The number of rotatable bonds is 6. The van der Waals surface area contributed by atoms with E-state index in [1.165, 1.54) is 0 Å². The zero-order valence-electron chi connectivity index (χ0n) is 9.50. The molecule has 0 spiro atoms. The Bertz CT molecular complexity index is 135. The maximum Gasteiger partial charge on any atom is 0.0732 e. The predicted octanol–water partition coefficient (Wildman–Crippen LogP) is 1.69. The third-order valence-electron chi connectivity index (χ3n) is 2.32. The van der Waals surface area contributed by atoms with Crippen molar-refractivity contribution in [3.63, 3.8) is 0 Å². The lowest BCUT2D eigenvalue weighted by Gasteiger charge is -2.27. The highest BCUT2D eigenvalue weighted by atomic mass is 32.2. The van der Waals surface area contributed by atoms with Crippen LogP contribution in [0.15, 0.2) is 0 Å². The Hall–Kier alpha value is 0.270. The van der Waals surface area contributed by atoms with Gasteiger partial charge in [0.1, 0.15) is 0 Å². The van der Waals surface area contributed by atoms with E-state index in [4.69, 9.17) is 0 Å². The molecule has 2 nitrogen and oxygen atoms in total. The number of hydrogen-bond acceptors (Lipinski definition) is 3. The SMILES string of the molecule is CC(C)C(C)(O)CSCCN(C)C. The van der Waals surface area contributed by atoms with Crippen LogP contribution < -0.4 is 0 Å². The van der Waals surface area contributed by atoms with E-state index < -0.39 is 5.60 Å². The summed E-state index contributed by atoms with van der Waals surface area (Å²) in [4.78, 5) is 2.16. The van der Waals surface area contributed by atoms with Crippen molar-refractivity contribution in [3.05, 3.63) is 0 Å². The average molecular weight is 205 g/mol. The summed E-state index contributed by atoms with van der Waals surface area (Å²) in [6.45, 7) is 7.12. The van der Waals surface area contributed by atoms with Crippen molar-refractivity contribution in [1.82, 2.24) is 4.90 Å². The highest BCUT2D eigenvalue weighted by Gasteiger charge is 2.24. The van der Waals surface area contributed by atoms with Gasteiger partial charge in [0.2, 0.25) is 0 Å². The zero-order valence-corrected chi connectivity index (χ0v) is 10.3. The monoisotopic (exact) mass is 205 g/mol. The molecule has 80 valence electrons. The molecule has 1 N–H and O–H groups in total. The fourth-order valence-electron chi connectivity index (χ4n) is 0.693. The first kappa shape index (κ1) is 13.3. The van der Waals surface area contributed by atoms with Gasteiger partial charge >= 0.3 is 0 Å². The third-order valence-corrected chi connectivity index (χ3v) is 3.58. The minimum atomic E-state index is -0.517. The maximum atomic E-state index is 9.92. The second-order valence-corrected chi connectivity index (χ2v) is 5.47. The van der Waals surface area contributed by atoms with E-state index in [-0.39, 0.29) is 0 Å². The van der Waals surface area contributed by atoms with Crippen molar-refractivity contribution in [2.45, 2.75) is 26.4 Å². The highest BCUT2D eigenvalue weighted by molar-refractivity contribution is 7.99. The van der Waals surface area contributed by atoms with Gasteiger partial charge in [-0.2, -0.15) is 11.8 Å². The highest BCUT2D eigenvalue weighted by Crippen LogP contribution is 2.21. The summed E-state index contributed by atoms with van der Waals surface area (Å²) in [5, 5.41) is 9.92. The van der Waals surface area contributed by atoms with E-state index in [0.29, 0.717) is 5.92 Å². The fraction of sp³-hybridized carbons (Fsp3) is 1.00. The van der Waals surface area contributed by atoms with Gasteiger partial charge in [-0.1, -0.05) is 13.8 Å². The van der Waals surface area contributed by atoms with Gasteiger partial charge in [0.25, 0.3) is 0 Å². The molecule has 0 fully saturated rings. The largest absolute Gasteiger partial charge is 0.389 e. The van der Waals surface area contributed by atoms with Crippen LogP contribution in [0.25, 0.3) is 0 Å². The number of aliphatic hydroxyl groups is 1. The fourth-order valence-corrected chi connectivity index (χ4v) is 2.08. The van der Waals surface area contributed by atoms with E-state index in [2.05, 4.69) is 32.8 Å². The van der Waals surface area contributed by atoms with Crippen molar-refractivity contribution >= 4 is 11.8 Å². The third kappa shape index (κ3) is 6.36. The first-order valence-electron chi connectivity index (χ1n) is 4.81. The molecule has 1 atom stereocenters. The summed E-state index contributed by atoms with van der Waals surface area (Å²) in [5.41, 5.74) is -0.517. The first-order chi connectivity index (χ1) is 5.86. The quantitative estimate of drug-likeness (QED) is 0.668. The Balaban J connectivity index is 3.52. The molecule has 13 heavy (non-hydrogen) atoms. The molecule has 0 rings (SSSR count). The van der Waals surface area contributed by atoms with Gasteiger partial charge < -0.3 is 10.0 Å². The molecule has 0 heterocycles. The minimum Gasteiger partial charge on any atom is -0.389 e. The van der Waals surface area contributed by atoms with E-state index >= 15 is 0 Å². The molecule has 0 radical (unpaired) electrons. The molecule has 0 aromatic rings. The standard InChI is InChI=1S/C10H23NOS/c1-9(2)10(3,12)8-13-7-6-11(4)5/h9,12H,6-8H2,1-5H3. The summed E-state index contributed by atoms with van der Waals surface area (Å²) in [5.74, 6) is 2.26. The maximum absolute atomic E-state index is 9.92. The van der Waals surface area contributed by atoms with Crippen LogP contribution in [0.1, 0.15) is 20.8 Å². The molecule has 3 heteroatoms. The van der Waals surface area contributed by atoms with Crippen LogP contribution in [0, 0.1) is 5.92 Å². The summed E-state index contributed by atoms with van der Waals surface area (Å²) < 4.78 is 0. The Kier molecular flexibility index (Phi) is 6.01. The lowest BCUT2D eigenvalue weighted by Crippen LogP contribution is -2.34. The predicted molar refractivity (Wildman–Crippen MR) is 61.3 cm³/mol. The molecule has 0 aromatic heterocycles. The second kappa shape index (κ2) is 5.89. The van der Waals surface area contributed by atoms with Crippen LogP contribution in [-0.4, -0.2) is 47.8 Å². The van der Waals surface area contributed by atoms with Gasteiger partial charge in [0.05, 0.1) is 5.60 Å². The number of thioether (sulfide) groups is 1. The van der Waals surface area contributed by atoms with Gasteiger partial charge in [0, 0.05) is 18.1 Å². The van der Waals surface area contributed by atoms with E-state index in [1.54, 1.807) is 0 Å². The lowest BCUT2D eigenvalue weighted by atomic mass is 9.95. The normalized spacial score (nSPS) is 16.6. The molecule has 1 unspecified atom stereocenters. The van der Waals surface area contributed by atoms with Crippen LogP contribution >= 0.6 is 11.8 Å². The van der Waals surface area contributed by atoms with Crippen LogP contribution in [0.5, 0.6) is 0 Å². The molecule has 0 amide bonds. The van der Waals surface area contributed by atoms with Crippen molar-refractivity contribution in [1.29, 1.82) is 0 Å². The topological polar surface area (TPSA) is 23.5 Å². The van der Waals surface area contributed by atoms with Crippen molar-refractivity contribution in [3.8, 4) is 0 Å². The molecule has 0 bridgehead atoms. The summed E-state index contributed by atoms with van der Waals surface area (Å²) in [6.07, 6.45) is 0. The van der Waals surface area contributed by atoms with E-state index in [9.17, 15) is 5.11 Å². The van der Waals surface area contributed by atoms with Crippen LogP contribution in [0.4, 0.5) is 0 Å². The van der Waals surface area contributed by atoms with Crippen molar-refractivity contribution in [2.75, 3.05) is 32.1 Å². The van der Waals surface area contributed by atoms with E-state index in [1.807, 2.05) is 18.7 Å². The molecule has 0 aliphatic heterocycles. The Morgan fingerprint density at radius 2 is 1.92 bits per heavy atom.